The summed E-state index contributed by atoms with van der Waals surface area (Å²) in [6.07, 6.45) is 2.27. The molecule has 1 aromatic heterocycles. The minimum Gasteiger partial charge on any atom is -0.331 e. The molecule has 182 valence electrons. The zero-order valence-electron chi connectivity index (χ0n) is 20.3. The van der Waals surface area contributed by atoms with E-state index in [2.05, 4.69) is 4.57 Å². The number of hydrogen-bond donors (Lipinski definition) is 0. The number of halogens is 1. The molecule has 0 saturated heterocycles. The first-order valence-electron chi connectivity index (χ1n) is 12.1. The van der Waals surface area contributed by atoms with Crippen molar-refractivity contribution in [3.05, 3.63) is 119 Å². The number of carbonyl (C=O) groups excluding carboxylic acids is 2. The average Bonchev–Trinajstić information content (AvgIpc) is 3.37. The van der Waals surface area contributed by atoms with E-state index < -0.39 is 0 Å². The molecule has 5 rings (SSSR count). The Balaban J connectivity index is 1.52. The highest BCUT2D eigenvalue weighted by atomic mass is 35.5. The summed E-state index contributed by atoms with van der Waals surface area (Å²) in [5, 5.41) is 0.640. The maximum absolute atomic E-state index is 14.1. The number of rotatable bonds is 6. The molecule has 2 amide bonds. The summed E-state index contributed by atoms with van der Waals surface area (Å²) < 4.78 is 2.12. The lowest BCUT2D eigenvalue weighted by molar-refractivity contribution is -0.136. The van der Waals surface area contributed by atoms with Crippen molar-refractivity contribution >= 4 is 29.1 Å². The van der Waals surface area contributed by atoms with Gasteiger partial charge >= 0.3 is 0 Å². The Morgan fingerprint density at radius 3 is 2.22 bits per heavy atom. The van der Waals surface area contributed by atoms with E-state index in [1.165, 1.54) is 0 Å². The van der Waals surface area contributed by atoms with Gasteiger partial charge in [0.15, 0.2) is 0 Å². The first-order chi connectivity index (χ1) is 17.4. The van der Waals surface area contributed by atoms with Gasteiger partial charge in [0.1, 0.15) is 12.6 Å². The first kappa shape index (κ1) is 23.9. The summed E-state index contributed by atoms with van der Waals surface area (Å²) in [4.78, 5) is 30.9. The molecule has 0 fully saturated rings. The first-order valence-corrected chi connectivity index (χ1v) is 12.5. The van der Waals surface area contributed by atoms with Crippen LogP contribution in [-0.4, -0.2) is 33.9 Å². The average molecular weight is 498 g/mol. The Bertz CT molecular complexity index is 1380. The SMILES string of the molecule is CC(C)N(CC(=O)N1c2ccccc2-n2cccc2C1c1ccc(Cl)cc1)C(=O)Cc1ccccc1. The molecule has 0 radical (unpaired) electrons. The highest BCUT2D eigenvalue weighted by Crippen LogP contribution is 2.42. The van der Waals surface area contributed by atoms with Gasteiger partial charge in [0, 0.05) is 17.3 Å². The van der Waals surface area contributed by atoms with Crippen molar-refractivity contribution in [2.45, 2.75) is 32.4 Å². The third kappa shape index (κ3) is 4.54. The number of fused-ring (bicyclic) bond motifs is 3. The van der Waals surface area contributed by atoms with Gasteiger partial charge in [-0.2, -0.15) is 0 Å². The van der Waals surface area contributed by atoms with Crippen LogP contribution in [0.1, 0.15) is 36.7 Å². The van der Waals surface area contributed by atoms with E-state index in [1.807, 2.05) is 116 Å². The van der Waals surface area contributed by atoms with E-state index in [4.69, 9.17) is 11.6 Å². The molecule has 5 nitrogen and oxygen atoms in total. The zero-order valence-corrected chi connectivity index (χ0v) is 21.1. The monoisotopic (exact) mass is 497 g/mol. The molecule has 0 aliphatic carbocycles. The summed E-state index contributed by atoms with van der Waals surface area (Å²) in [6, 6.07) is 28.7. The highest BCUT2D eigenvalue weighted by molar-refractivity contribution is 6.30. The Labute approximate surface area is 216 Å². The van der Waals surface area contributed by atoms with E-state index in [9.17, 15) is 9.59 Å². The van der Waals surface area contributed by atoms with Crippen molar-refractivity contribution in [3.8, 4) is 5.69 Å². The second-order valence-electron chi connectivity index (χ2n) is 9.29. The number of nitrogens with zero attached hydrogens (tertiary/aromatic N) is 3. The van der Waals surface area contributed by atoms with E-state index in [1.54, 1.807) is 4.90 Å². The predicted octanol–water partition coefficient (Wildman–Crippen LogP) is 6.05. The lowest BCUT2D eigenvalue weighted by atomic mass is 9.97. The molecular formula is C30H28ClN3O2. The quantitative estimate of drug-likeness (QED) is 0.325. The second-order valence-corrected chi connectivity index (χ2v) is 9.72. The van der Waals surface area contributed by atoms with Crippen LogP contribution in [0.3, 0.4) is 0 Å². The fourth-order valence-electron chi connectivity index (χ4n) is 4.88. The summed E-state index contributed by atoms with van der Waals surface area (Å²) in [5.74, 6) is -0.203. The van der Waals surface area contributed by atoms with Crippen molar-refractivity contribution in [1.29, 1.82) is 0 Å². The number of aromatic nitrogens is 1. The van der Waals surface area contributed by atoms with Crippen LogP contribution in [0.4, 0.5) is 5.69 Å². The summed E-state index contributed by atoms with van der Waals surface area (Å²) in [6.45, 7) is 3.88. The van der Waals surface area contributed by atoms with Crippen molar-refractivity contribution in [2.75, 3.05) is 11.4 Å². The molecule has 0 spiro atoms. The molecule has 4 aromatic rings. The molecule has 1 aliphatic rings. The molecule has 36 heavy (non-hydrogen) atoms. The number of carbonyl (C=O) groups is 2. The maximum Gasteiger partial charge on any atom is 0.247 e. The highest BCUT2D eigenvalue weighted by Gasteiger charge is 2.37. The third-order valence-electron chi connectivity index (χ3n) is 6.62. The Hall–Kier alpha value is -3.83. The van der Waals surface area contributed by atoms with Gasteiger partial charge < -0.3 is 9.47 Å². The summed E-state index contributed by atoms with van der Waals surface area (Å²) in [7, 11) is 0. The molecule has 6 heteroatoms. The van der Waals surface area contributed by atoms with Gasteiger partial charge in [0.25, 0.3) is 0 Å². The normalized spacial score (nSPS) is 14.3. The van der Waals surface area contributed by atoms with Gasteiger partial charge in [-0.05, 0) is 61.4 Å². The topological polar surface area (TPSA) is 45.6 Å². The van der Waals surface area contributed by atoms with Crippen LogP contribution < -0.4 is 4.90 Å². The van der Waals surface area contributed by atoms with Gasteiger partial charge in [-0.3, -0.25) is 14.5 Å². The van der Waals surface area contributed by atoms with Crippen molar-refractivity contribution < 1.29 is 9.59 Å². The fraction of sp³-hybridized carbons (Fsp3) is 0.200. The standard InChI is InChI=1S/C30H28ClN3O2/c1-21(2)33(28(35)19-22-9-4-3-5-10-22)20-29(36)34-26-12-7-6-11-25(26)32-18-8-13-27(32)30(34)23-14-16-24(31)17-15-23/h3-18,21,30H,19-20H2,1-2H3. The van der Waals surface area contributed by atoms with E-state index in [0.717, 1.165) is 28.2 Å². The van der Waals surface area contributed by atoms with Crippen LogP contribution in [0.15, 0.2) is 97.2 Å². The Morgan fingerprint density at radius 2 is 1.53 bits per heavy atom. The van der Waals surface area contributed by atoms with Crippen LogP contribution >= 0.6 is 11.6 Å². The number of benzene rings is 3. The smallest absolute Gasteiger partial charge is 0.247 e. The molecule has 1 aliphatic heterocycles. The zero-order chi connectivity index (χ0) is 25.2. The third-order valence-corrected chi connectivity index (χ3v) is 6.87. The fourth-order valence-corrected chi connectivity index (χ4v) is 5.00. The Kier molecular flexibility index (Phi) is 6.66. The predicted molar refractivity (Wildman–Crippen MR) is 144 cm³/mol. The van der Waals surface area contributed by atoms with Crippen LogP contribution in [0.5, 0.6) is 0 Å². The molecule has 3 aromatic carbocycles. The number of para-hydroxylation sites is 2. The van der Waals surface area contributed by atoms with Gasteiger partial charge in [-0.15, -0.1) is 0 Å². The Morgan fingerprint density at radius 1 is 0.861 bits per heavy atom. The number of hydrogen-bond acceptors (Lipinski definition) is 2. The van der Waals surface area contributed by atoms with Gasteiger partial charge in [-0.25, -0.2) is 0 Å². The van der Waals surface area contributed by atoms with Gasteiger partial charge in [-0.1, -0.05) is 66.2 Å². The maximum atomic E-state index is 14.1. The molecular weight excluding hydrogens is 470 g/mol. The largest absolute Gasteiger partial charge is 0.331 e. The van der Waals surface area contributed by atoms with Gasteiger partial charge in [0.05, 0.1) is 23.5 Å². The lowest BCUT2D eigenvalue weighted by Crippen LogP contribution is -2.49. The van der Waals surface area contributed by atoms with Crippen LogP contribution in [0.2, 0.25) is 5.02 Å². The minimum atomic E-state index is -0.349. The van der Waals surface area contributed by atoms with Crippen LogP contribution in [-0.2, 0) is 16.0 Å². The molecule has 0 bridgehead atoms. The van der Waals surface area contributed by atoms with Crippen LogP contribution in [0.25, 0.3) is 5.69 Å². The minimum absolute atomic E-state index is 0.0114. The van der Waals surface area contributed by atoms with Gasteiger partial charge in [0.2, 0.25) is 11.8 Å². The molecule has 0 saturated carbocycles. The van der Waals surface area contributed by atoms with E-state index in [0.29, 0.717) is 5.02 Å². The molecule has 0 N–H and O–H groups in total. The number of amides is 2. The number of anilines is 1. The van der Waals surface area contributed by atoms with Crippen LogP contribution in [0, 0.1) is 0 Å². The van der Waals surface area contributed by atoms with E-state index in [-0.39, 0.29) is 36.9 Å². The van der Waals surface area contributed by atoms with Crippen molar-refractivity contribution in [2.24, 2.45) is 0 Å². The van der Waals surface area contributed by atoms with Crippen molar-refractivity contribution in [3.63, 3.8) is 0 Å². The second kappa shape index (κ2) is 10.0. The summed E-state index contributed by atoms with van der Waals surface area (Å²) in [5.41, 5.74) is 4.61. The van der Waals surface area contributed by atoms with E-state index >= 15 is 0 Å². The lowest BCUT2D eigenvalue weighted by Gasteiger charge is -2.40. The summed E-state index contributed by atoms with van der Waals surface area (Å²) >= 11 is 6.18. The molecule has 1 unspecified atom stereocenters. The molecule has 1 atom stereocenters. The van der Waals surface area contributed by atoms with Crippen molar-refractivity contribution in [1.82, 2.24) is 9.47 Å². The molecule has 2 heterocycles.